The Morgan fingerprint density at radius 1 is 1.14 bits per heavy atom. The molecule has 0 saturated heterocycles. The SMILES string of the molecule is C=C(C)C(=O)OCCOC(=O)/C=C(/C)O.[Pd].[c-]1ccccc1-c1ccccn1. The number of carbonyl (C=O) groups is 2. The fraction of sp³-hybridized carbons (Fsp3) is 0.190. The van der Waals surface area contributed by atoms with Gasteiger partial charge in [0, 0.05) is 32.2 Å². The molecular weight excluding hydrogens is 453 g/mol. The number of hydrogen-bond acceptors (Lipinski definition) is 6. The zero-order valence-corrected chi connectivity index (χ0v) is 17.2. The first kappa shape index (κ1) is 25.3. The molecule has 2 aromatic rings. The Morgan fingerprint density at radius 3 is 2.36 bits per heavy atom. The number of benzene rings is 1. The molecule has 0 bridgehead atoms. The molecule has 6 nitrogen and oxygen atoms in total. The van der Waals surface area contributed by atoms with Crippen molar-refractivity contribution in [3.8, 4) is 11.3 Å². The molecule has 0 radical (unpaired) electrons. The number of allylic oxidation sites excluding steroid dienone is 1. The molecule has 0 amide bonds. The van der Waals surface area contributed by atoms with E-state index in [1.807, 2.05) is 42.5 Å². The average Bonchev–Trinajstić information content (AvgIpc) is 2.66. The summed E-state index contributed by atoms with van der Waals surface area (Å²) in [5.41, 5.74) is 2.30. The van der Waals surface area contributed by atoms with Crippen molar-refractivity contribution < 1.29 is 44.6 Å². The molecule has 7 heteroatoms. The minimum absolute atomic E-state index is 0. The molecule has 2 rings (SSSR count). The Bertz CT molecular complexity index is 734. The number of pyridine rings is 1. The van der Waals surface area contributed by atoms with Crippen LogP contribution in [0.15, 0.2) is 72.6 Å². The van der Waals surface area contributed by atoms with E-state index in [2.05, 4.69) is 27.1 Å². The van der Waals surface area contributed by atoms with Gasteiger partial charge in [0.05, 0.1) is 11.8 Å². The van der Waals surface area contributed by atoms with E-state index in [9.17, 15) is 9.59 Å². The molecule has 1 aromatic carbocycles. The van der Waals surface area contributed by atoms with Crippen LogP contribution < -0.4 is 0 Å². The van der Waals surface area contributed by atoms with E-state index in [0.29, 0.717) is 0 Å². The summed E-state index contributed by atoms with van der Waals surface area (Å²) in [6.45, 7) is 6.17. The van der Waals surface area contributed by atoms with Crippen molar-refractivity contribution >= 4 is 11.9 Å². The van der Waals surface area contributed by atoms with Gasteiger partial charge in [-0.05, 0) is 25.6 Å². The van der Waals surface area contributed by atoms with Gasteiger partial charge in [-0.2, -0.15) is 0 Å². The van der Waals surface area contributed by atoms with Gasteiger partial charge in [0.2, 0.25) is 0 Å². The molecule has 152 valence electrons. The summed E-state index contributed by atoms with van der Waals surface area (Å²) in [4.78, 5) is 25.9. The van der Waals surface area contributed by atoms with Crippen LogP contribution >= 0.6 is 0 Å². The van der Waals surface area contributed by atoms with E-state index in [-0.39, 0.29) is 45.0 Å². The Kier molecular flexibility index (Phi) is 12.9. The molecule has 0 spiro atoms. The molecule has 0 fully saturated rings. The maximum atomic E-state index is 10.9. The quantitative estimate of drug-likeness (QED) is 0.172. The standard InChI is InChI=1S/C11H8N.C10H14O5.Pd/c1-2-6-10(7-3-1)11-8-4-5-9-12-11;1-7(2)10(13)15-5-4-14-9(12)6-8(3)11;/h1-6,8-9H;6,11H,1,4-5H2,2-3H3;/q-1;;/b;8-6-;. The summed E-state index contributed by atoms with van der Waals surface area (Å²) in [6, 6.07) is 16.8. The van der Waals surface area contributed by atoms with Crippen LogP contribution in [0.2, 0.25) is 0 Å². The third kappa shape index (κ3) is 11.1. The Hall–Kier alpha value is -2.75. The zero-order chi connectivity index (χ0) is 20.1. The van der Waals surface area contributed by atoms with Crippen molar-refractivity contribution in [2.24, 2.45) is 0 Å². The van der Waals surface area contributed by atoms with Crippen LogP contribution in [0, 0.1) is 6.07 Å². The molecule has 0 aliphatic rings. The summed E-state index contributed by atoms with van der Waals surface area (Å²) >= 11 is 0. The predicted octanol–water partition coefficient (Wildman–Crippen LogP) is 3.66. The van der Waals surface area contributed by atoms with Crippen LogP contribution in [-0.2, 0) is 39.5 Å². The van der Waals surface area contributed by atoms with E-state index in [4.69, 9.17) is 5.11 Å². The van der Waals surface area contributed by atoms with E-state index in [1.165, 1.54) is 13.8 Å². The molecule has 1 heterocycles. The maximum Gasteiger partial charge on any atom is 0.334 e. The van der Waals surface area contributed by atoms with Crippen LogP contribution in [0.25, 0.3) is 11.3 Å². The van der Waals surface area contributed by atoms with Gasteiger partial charge < -0.3 is 19.6 Å². The van der Waals surface area contributed by atoms with Gasteiger partial charge >= 0.3 is 11.9 Å². The van der Waals surface area contributed by atoms with Crippen LogP contribution in [0.5, 0.6) is 0 Å². The fourth-order valence-corrected chi connectivity index (χ4v) is 1.69. The van der Waals surface area contributed by atoms with Crippen molar-refractivity contribution in [1.29, 1.82) is 0 Å². The third-order valence-corrected chi connectivity index (χ3v) is 2.89. The smallest absolute Gasteiger partial charge is 0.334 e. The van der Waals surface area contributed by atoms with Gasteiger partial charge in [-0.3, -0.25) is 0 Å². The van der Waals surface area contributed by atoms with Crippen LogP contribution in [-0.4, -0.2) is 35.2 Å². The summed E-state index contributed by atoms with van der Waals surface area (Å²) in [7, 11) is 0. The minimum atomic E-state index is -0.679. The Balaban J connectivity index is 0.000000510. The Morgan fingerprint density at radius 2 is 1.82 bits per heavy atom. The Labute approximate surface area is 178 Å². The fourth-order valence-electron chi connectivity index (χ4n) is 1.69. The van der Waals surface area contributed by atoms with Gasteiger partial charge in [0.15, 0.2) is 0 Å². The number of esters is 2. The number of aromatic nitrogens is 1. The van der Waals surface area contributed by atoms with Crippen molar-refractivity contribution in [2.75, 3.05) is 13.2 Å². The first-order chi connectivity index (χ1) is 12.9. The van der Waals surface area contributed by atoms with Crippen LogP contribution in [0.1, 0.15) is 13.8 Å². The summed E-state index contributed by atoms with van der Waals surface area (Å²) in [5.74, 6) is -1.35. The van der Waals surface area contributed by atoms with Gasteiger partial charge in [-0.1, -0.05) is 18.7 Å². The summed E-state index contributed by atoms with van der Waals surface area (Å²) in [5, 5.41) is 8.70. The van der Waals surface area contributed by atoms with Crippen molar-refractivity contribution in [3.05, 3.63) is 78.7 Å². The molecule has 0 aliphatic carbocycles. The molecule has 28 heavy (non-hydrogen) atoms. The van der Waals surface area contributed by atoms with Gasteiger partial charge in [0.1, 0.15) is 13.2 Å². The zero-order valence-electron chi connectivity index (χ0n) is 15.7. The molecule has 1 N–H and O–H groups in total. The molecular formula is C21H22NO5Pd-. The number of nitrogens with zero attached hydrogens (tertiary/aromatic N) is 1. The van der Waals surface area contributed by atoms with Gasteiger partial charge in [-0.25, -0.2) is 9.59 Å². The van der Waals surface area contributed by atoms with E-state index < -0.39 is 11.9 Å². The van der Waals surface area contributed by atoms with E-state index in [1.54, 1.807) is 6.20 Å². The second kappa shape index (κ2) is 14.3. The van der Waals surface area contributed by atoms with Gasteiger partial charge in [-0.15, -0.1) is 35.9 Å². The number of hydrogen-bond donors (Lipinski definition) is 1. The van der Waals surface area contributed by atoms with Crippen molar-refractivity contribution in [3.63, 3.8) is 0 Å². The topological polar surface area (TPSA) is 85.7 Å². The van der Waals surface area contributed by atoms with Crippen molar-refractivity contribution in [2.45, 2.75) is 13.8 Å². The van der Waals surface area contributed by atoms with Crippen LogP contribution in [0.3, 0.4) is 0 Å². The largest absolute Gasteiger partial charge is 0.512 e. The summed E-state index contributed by atoms with van der Waals surface area (Å²) < 4.78 is 9.26. The second-order valence-electron chi connectivity index (χ2n) is 5.36. The number of aliphatic hydroxyl groups excluding tert-OH is 1. The van der Waals surface area contributed by atoms with Gasteiger partial charge in [0.25, 0.3) is 0 Å². The third-order valence-electron chi connectivity index (χ3n) is 2.89. The number of ether oxygens (including phenoxy) is 2. The minimum Gasteiger partial charge on any atom is -0.512 e. The molecule has 1 aromatic heterocycles. The van der Waals surface area contributed by atoms with E-state index in [0.717, 1.165) is 17.3 Å². The van der Waals surface area contributed by atoms with E-state index >= 15 is 0 Å². The molecule has 0 saturated carbocycles. The first-order valence-corrected chi connectivity index (χ1v) is 8.15. The normalized spacial score (nSPS) is 9.86. The monoisotopic (exact) mass is 474 g/mol. The number of rotatable bonds is 6. The average molecular weight is 475 g/mol. The second-order valence-corrected chi connectivity index (χ2v) is 5.36. The molecule has 0 aliphatic heterocycles. The molecule has 0 unspecified atom stereocenters. The maximum absolute atomic E-state index is 10.9. The number of aliphatic hydroxyl groups is 1. The molecule has 0 atom stereocenters. The summed E-state index contributed by atoms with van der Waals surface area (Å²) in [6.07, 6.45) is 2.72. The predicted molar refractivity (Wildman–Crippen MR) is 102 cm³/mol. The van der Waals surface area contributed by atoms with Crippen molar-refractivity contribution in [1.82, 2.24) is 4.98 Å². The number of carbonyl (C=O) groups excluding carboxylic acids is 2. The first-order valence-electron chi connectivity index (χ1n) is 8.15. The van der Waals surface area contributed by atoms with Crippen LogP contribution in [0.4, 0.5) is 0 Å².